The lowest BCUT2D eigenvalue weighted by atomic mass is 10.0. The molecule has 10 heteroatoms. The molecule has 0 bridgehead atoms. The number of ether oxygens (including phenoxy) is 1. The molecule has 0 aliphatic carbocycles. The van der Waals surface area contributed by atoms with E-state index in [1.807, 2.05) is 45.0 Å². The van der Waals surface area contributed by atoms with E-state index in [0.717, 1.165) is 46.9 Å². The summed E-state index contributed by atoms with van der Waals surface area (Å²) in [6.45, 7) is 7.77. The number of hydrogen-bond donors (Lipinski definition) is 2. The molecule has 2 aromatic heterocycles. The van der Waals surface area contributed by atoms with Crippen LogP contribution in [0.3, 0.4) is 0 Å². The molecule has 0 radical (unpaired) electrons. The zero-order valence-corrected chi connectivity index (χ0v) is 22.4. The van der Waals surface area contributed by atoms with Crippen molar-refractivity contribution in [1.29, 1.82) is 0 Å². The van der Waals surface area contributed by atoms with Crippen LogP contribution in [0, 0.1) is 20.8 Å². The Morgan fingerprint density at radius 3 is 2.75 bits per heavy atom. The third-order valence-electron chi connectivity index (χ3n) is 6.51. The van der Waals surface area contributed by atoms with Gasteiger partial charge in [-0.3, -0.25) is 4.21 Å². The quantitative estimate of drug-likeness (QED) is 0.417. The molecule has 3 aromatic rings. The van der Waals surface area contributed by atoms with Gasteiger partial charge in [0.25, 0.3) is 0 Å². The number of benzene rings is 1. The van der Waals surface area contributed by atoms with Crippen LogP contribution < -0.4 is 15.0 Å². The molecule has 3 heterocycles. The van der Waals surface area contributed by atoms with E-state index in [-0.39, 0.29) is 11.9 Å². The maximum absolute atomic E-state index is 12.6. The maximum Gasteiger partial charge on any atom is 0.162 e. The molecule has 2 unspecified atom stereocenters. The number of anilines is 1. The minimum Gasteiger partial charge on any atom is -0.491 e. The van der Waals surface area contributed by atoms with E-state index < -0.39 is 15.6 Å². The van der Waals surface area contributed by atoms with Crippen LogP contribution in [0.2, 0.25) is 0 Å². The third kappa shape index (κ3) is 5.55. The van der Waals surface area contributed by atoms with Gasteiger partial charge in [0.05, 0.1) is 17.0 Å². The van der Waals surface area contributed by atoms with Crippen LogP contribution in [0.1, 0.15) is 23.4 Å². The monoisotopic (exact) mass is 513 g/mol. The number of aliphatic hydroxyl groups is 1. The lowest BCUT2D eigenvalue weighted by Gasteiger charge is -2.22. The number of hydrogen-bond acceptors (Lipinski definition) is 9. The molecular weight excluding hydrogens is 478 g/mol. The zero-order chi connectivity index (χ0) is 26.0. The Morgan fingerprint density at radius 2 is 2.11 bits per heavy atom. The lowest BCUT2D eigenvalue weighted by molar-refractivity contribution is 0.108. The average molecular weight is 514 g/mol. The van der Waals surface area contributed by atoms with Gasteiger partial charge in [0.2, 0.25) is 0 Å². The predicted octanol–water partition coefficient (Wildman–Crippen LogP) is 2.61. The van der Waals surface area contributed by atoms with Crippen molar-refractivity contribution in [3.05, 3.63) is 41.3 Å². The standard InChI is InChI=1S/C26H35N5O4S/c1-16-24(23-17(2)30-35-18(23)3)28-25(29-26(16)31-11-10-22(14-31)36(5,6)33)19-8-7-9-21(12-19)34-15-20(32)13-27-4/h7-9,12,20,22,27,32H,5,10-11,13-15H2,1-4,6H3/t20?,22-,36?/m1/s1. The summed E-state index contributed by atoms with van der Waals surface area (Å²) in [5, 5.41) is 17.1. The summed E-state index contributed by atoms with van der Waals surface area (Å²) >= 11 is 0. The highest BCUT2D eigenvalue weighted by molar-refractivity contribution is 8.00. The SMILES string of the molecule is C=S(C)(=O)[C@@H]1CCN(c2nc(-c3cccc(OCC(O)CNC)c3)nc(-c3c(C)noc3C)c2C)C1. The van der Waals surface area contributed by atoms with Crippen molar-refractivity contribution in [1.82, 2.24) is 20.4 Å². The molecule has 4 rings (SSSR count). The van der Waals surface area contributed by atoms with Gasteiger partial charge in [-0.1, -0.05) is 17.3 Å². The summed E-state index contributed by atoms with van der Waals surface area (Å²) in [6, 6.07) is 7.54. The van der Waals surface area contributed by atoms with Gasteiger partial charge in [-0.25, -0.2) is 9.97 Å². The van der Waals surface area contributed by atoms with Gasteiger partial charge in [0.15, 0.2) is 5.82 Å². The summed E-state index contributed by atoms with van der Waals surface area (Å²) < 4.78 is 23.9. The molecule has 1 fully saturated rings. The number of nitrogens with one attached hydrogen (secondary N) is 1. The van der Waals surface area contributed by atoms with Crippen LogP contribution in [-0.4, -0.2) is 81.2 Å². The van der Waals surface area contributed by atoms with E-state index in [0.29, 0.717) is 30.4 Å². The van der Waals surface area contributed by atoms with Crippen molar-refractivity contribution >= 4 is 21.2 Å². The van der Waals surface area contributed by atoms with E-state index >= 15 is 0 Å². The van der Waals surface area contributed by atoms with Gasteiger partial charge in [-0.2, -0.15) is 0 Å². The molecule has 0 saturated carbocycles. The van der Waals surface area contributed by atoms with E-state index in [9.17, 15) is 9.32 Å². The van der Waals surface area contributed by atoms with Crippen LogP contribution in [0.4, 0.5) is 5.82 Å². The van der Waals surface area contributed by atoms with Gasteiger partial charge in [-0.05, 0) is 61.8 Å². The van der Waals surface area contributed by atoms with E-state index in [4.69, 9.17) is 19.2 Å². The Labute approximate surface area is 212 Å². The van der Waals surface area contributed by atoms with Gasteiger partial charge in [-0.15, -0.1) is 0 Å². The summed E-state index contributed by atoms with van der Waals surface area (Å²) in [5.41, 5.74) is 4.08. The normalized spacial score (nSPS) is 18.3. The fourth-order valence-electron chi connectivity index (χ4n) is 4.55. The molecule has 2 N–H and O–H groups in total. The smallest absolute Gasteiger partial charge is 0.162 e. The molecule has 0 amide bonds. The first-order valence-electron chi connectivity index (χ1n) is 12.0. The molecule has 1 aliphatic heterocycles. The summed E-state index contributed by atoms with van der Waals surface area (Å²) in [6.07, 6.45) is 1.92. The molecule has 9 nitrogen and oxygen atoms in total. The van der Waals surface area contributed by atoms with E-state index in [2.05, 4.69) is 21.2 Å². The zero-order valence-electron chi connectivity index (χ0n) is 21.6. The average Bonchev–Trinajstić information content (AvgIpc) is 3.45. The Balaban J connectivity index is 1.77. The van der Waals surface area contributed by atoms with Crippen molar-refractivity contribution in [2.75, 3.05) is 44.4 Å². The molecule has 1 saturated heterocycles. The van der Waals surface area contributed by atoms with Gasteiger partial charge >= 0.3 is 0 Å². The second-order valence-corrected chi connectivity index (χ2v) is 12.3. The number of aryl methyl sites for hydroxylation is 2. The number of nitrogens with zero attached hydrogens (tertiary/aromatic N) is 4. The maximum atomic E-state index is 12.6. The fraction of sp³-hybridized carbons (Fsp3) is 0.462. The van der Waals surface area contributed by atoms with Crippen molar-refractivity contribution in [3.63, 3.8) is 0 Å². The highest BCUT2D eigenvalue weighted by atomic mass is 32.2. The molecule has 194 valence electrons. The first kappa shape index (κ1) is 26.1. The first-order chi connectivity index (χ1) is 17.1. The van der Waals surface area contributed by atoms with Gasteiger partial charge in [0.1, 0.15) is 30.0 Å². The molecule has 36 heavy (non-hydrogen) atoms. The molecule has 1 aliphatic rings. The Bertz CT molecular complexity index is 1320. The van der Waals surface area contributed by atoms with Crippen LogP contribution in [-0.2, 0) is 9.52 Å². The minimum atomic E-state index is -2.16. The Hall–Kier alpha value is -2.95. The third-order valence-corrected chi connectivity index (χ3v) is 8.31. The lowest BCUT2D eigenvalue weighted by Crippen LogP contribution is -2.29. The van der Waals surface area contributed by atoms with Crippen LogP contribution >= 0.6 is 0 Å². The second kappa shape index (κ2) is 10.6. The molecule has 0 spiro atoms. The number of likely N-dealkylation sites (N-methyl/N-ethyl adjacent to an activating group) is 1. The van der Waals surface area contributed by atoms with Crippen molar-refractivity contribution < 1.29 is 18.6 Å². The number of rotatable bonds is 9. The Kier molecular flexibility index (Phi) is 7.67. The molecule has 3 atom stereocenters. The van der Waals surface area contributed by atoms with Crippen LogP contribution in [0.15, 0.2) is 28.8 Å². The predicted molar refractivity (Wildman–Crippen MR) is 144 cm³/mol. The van der Waals surface area contributed by atoms with E-state index in [1.54, 1.807) is 13.3 Å². The highest BCUT2D eigenvalue weighted by Gasteiger charge is 2.30. The van der Waals surface area contributed by atoms with Crippen molar-refractivity contribution in [3.8, 4) is 28.4 Å². The fourth-order valence-corrected chi connectivity index (χ4v) is 5.65. The van der Waals surface area contributed by atoms with Crippen LogP contribution in [0.25, 0.3) is 22.6 Å². The molecule has 1 aromatic carbocycles. The van der Waals surface area contributed by atoms with Crippen LogP contribution in [0.5, 0.6) is 5.75 Å². The minimum absolute atomic E-state index is 0.0126. The van der Waals surface area contributed by atoms with Crippen molar-refractivity contribution in [2.24, 2.45) is 0 Å². The number of aliphatic hydroxyl groups excluding tert-OH is 1. The number of aromatic nitrogens is 3. The second-order valence-electron chi connectivity index (χ2n) is 9.52. The van der Waals surface area contributed by atoms with Gasteiger partial charge < -0.3 is 24.6 Å². The van der Waals surface area contributed by atoms with Gasteiger partial charge in [0, 0.05) is 42.3 Å². The summed E-state index contributed by atoms with van der Waals surface area (Å²) in [7, 11) is -0.377. The first-order valence-corrected chi connectivity index (χ1v) is 14.2. The summed E-state index contributed by atoms with van der Waals surface area (Å²) in [4.78, 5) is 12.1. The van der Waals surface area contributed by atoms with E-state index in [1.165, 1.54) is 0 Å². The largest absolute Gasteiger partial charge is 0.491 e. The molecular formula is C26H35N5O4S. The highest BCUT2D eigenvalue weighted by Crippen LogP contribution is 2.36. The topological polar surface area (TPSA) is 114 Å². The summed E-state index contributed by atoms with van der Waals surface area (Å²) in [5.74, 6) is 6.57. The van der Waals surface area contributed by atoms with Crippen molar-refractivity contribution in [2.45, 2.75) is 38.5 Å². The Morgan fingerprint density at radius 1 is 1.33 bits per heavy atom.